The van der Waals surface area contributed by atoms with Crippen molar-refractivity contribution in [1.29, 1.82) is 0 Å². The van der Waals surface area contributed by atoms with Crippen molar-refractivity contribution in [1.82, 2.24) is 19.7 Å². The molecule has 2 aliphatic heterocycles. The van der Waals surface area contributed by atoms with Crippen molar-refractivity contribution < 1.29 is 9.59 Å². The second kappa shape index (κ2) is 9.49. The lowest BCUT2D eigenvalue weighted by atomic mass is 10.0. The van der Waals surface area contributed by atoms with Gasteiger partial charge in [0, 0.05) is 56.3 Å². The summed E-state index contributed by atoms with van der Waals surface area (Å²) < 4.78 is 0. The van der Waals surface area contributed by atoms with Crippen molar-refractivity contribution in [2.24, 2.45) is 0 Å². The zero-order chi connectivity index (χ0) is 22.8. The van der Waals surface area contributed by atoms with Gasteiger partial charge in [-0.05, 0) is 37.1 Å². The zero-order valence-electron chi connectivity index (χ0n) is 18.5. The van der Waals surface area contributed by atoms with Gasteiger partial charge in [0.15, 0.2) is 0 Å². The number of fused-ring (bicyclic) bond motifs is 1. The van der Waals surface area contributed by atoms with Crippen molar-refractivity contribution in [3.05, 3.63) is 76.9 Å². The van der Waals surface area contributed by atoms with Crippen LogP contribution in [0.15, 0.2) is 60.7 Å². The van der Waals surface area contributed by atoms with Crippen molar-refractivity contribution >= 4 is 34.3 Å². The van der Waals surface area contributed by atoms with Gasteiger partial charge in [-0.15, -0.1) is 0 Å². The number of nitrogens with zero attached hydrogens (tertiary/aromatic N) is 4. The fraction of sp³-hybridized carbons (Fsp3) is 0.346. The number of piperidine rings is 1. The van der Waals surface area contributed by atoms with E-state index >= 15 is 0 Å². The highest BCUT2D eigenvalue weighted by Crippen LogP contribution is 2.24. The van der Waals surface area contributed by atoms with E-state index in [9.17, 15) is 9.59 Å². The van der Waals surface area contributed by atoms with Crippen LogP contribution >= 0.6 is 11.6 Å². The van der Waals surface area contributed by atoms with Crippen LogP contribution in [0, 0.1) is 0 Å². The van der Waals surface area contributed by atoms with Gasteiger partial charge >= 0.3 is 0 Å². The number of likely N-dealkylation sites (tertiary alicyclic amines) is 1. The van der Waals surface area contributed by atoms with Crippen molar-refractivity contribution in [3.63, 3.8) is 0 Å². The molecular weight excluding hydrogens is 436 g/mol. The van der Waals surface area contributed by atoms with Crippen LogP contribution in [0.2, 0.25) is 5.15 Å². The Labute approximate surface area is 198 Å². The molecule has 0 spiro atoms. The third kappa shape index (κ3) is 4.59. The van der Waals surface area contributed by atoms with Gasteiger partial charge in [-0.1, -0.05) is 48.0 Å². The Kier molecular flexibility index (Phi) is 6.29. The maximum atomic E-state index is 13.3. The molecule has 1 aromatic heterocycles. The van der Waals surface area contributed by atoms with Crippen molar-refractivity contribution in [2.75, 3.05) is 39.3 Å². The van der Waals surface area contributed by atoms with Gasteiger partial charge < -0.3 is 9.80 Å². The van der Waals surface area contributed by atoms with Crippen LogP contribution in [0.5, 0.6) is 0 Å². The molecule has 2 aliphatic rings. The van der Waals surface area contributed by atoms with E-state index in [4.69, 9.17) is 11.6 Å². The molecule has 2 amide bonds. The van der Waals surface area contributed by atoms with Crippen LogP contribution < -0.4 is 0 Å². The van der Waals surface area contributed by atoms with E-state index in [1.807, 2.05) is 64.4 Å². The number of carbonyl (C=O) groups is 2. The second-order valence-corrected chi connectivity index (χ2v) is 9.11. The predicted octanol–water partition coefficient (Wildman–Crippen LogP) is 3.95. The molecule has 3 aromatic rings. The lowest BCUT2D eigenvalue weighted by Crippen LogP contribution is -2.54. The summed E-state index contributed by atoms with van der Waals surface area (Å²) in [5, 5.41) is 1.18. The van der Waals surface area contributed by atoms with Crippen LogP contribution in [-0.4, -0.2) is 76.8 Å². The number of benzene rings is 2. The van der Waals surface area contributed by atoms with Crippen LogP contribution in [0.3, 0.4) is 0 Å². The van der Waals surface area contributed by atoms with Gasteiger partial charge in [-0.25, -0.2) is 4.98 Å². The summed E-state index contributed by atoms with van der Waals surface area (Å²) in [5.41, 5.74) is 2.11. The molecule has 0 atom stereocenters. The molecule has 0 radical (unpaired) electrons. The van der Waals surface area contributed by atoms with Gasteiger partial charge in [0.1, 0.15) is 5.15 Å². The molecule has 0 N–H and O–H groups in total. The monoisotopic (exact) mass is 462 g/mol. The highest BCUT2D eigenvalue weighted by Gasteiger charge is 2.31. The normalized spacial score (nSPS) is 18.0. The molecule has 7 heteroatoms. The minimum atomic E-state index is 0.0124. The average Bonchev–Trinajstić information content (AvgIpc) is 2.88. The first-order valence-corrected chi connectivity index (χ1v) is 11.9. The number of amides is 2. The lowest BCUT2D eigenvalue weighted by molar-refractivity contribution is 0.0413. The number of halogens is 1. The van der Waals surface area contributed by atoms with E-state index in [0.717, 1.165) is 55.5 Å². The first-order valence-electron chi connectivity index (χ1n) is 11.5. The molecule has 2 fully saturated rings. The van der Waals surface area contributed by atoms with E-state index in [2.05, 4.69) is 9.88 Å². The third-order valence-electron chi connectivity index (χ3n) is 6.81. The number of carbonyl (C=O) groups excluding carboxylic acids is 2. The highest BCUT2D eigenvalue weighted by molar-refractivity contribution is 6.30. The maximum absolute atomic E-state index is 13.3. The standard InChI is InChI=1S/C26H27ClN4O2/c27-24-18-22(21-8-4-5-9-23(21)28-24)26(33)31-16-14-29(15-17-31)20-10-12-30(13-11-20)25(32)19-6-2-1-3-7-19/h1-9,18,20H,10-17H2. The predicted molar refractivity (Wildman–Crippen MR) is 130 cm³/mol. The highest BCUT2D eigenvalue weighted by atomic mass is 35.5. The quantitative estimate of drug-likeness (QED) is 0.553. The zero-order valence-corrected chi connectivity index (χ0v) is 19.2. The summed E-state index contributed by atoms with van der Waals surface area (Å²) in [6, 6.07) is 19.3. The smallest absolute Gasteiger partial charge is 0.254 e. The SMILES string of the molecule is O=C(c1ccccc1)N1CCC(N2CCN(C(=O)c3cc(Cl)nc4ccccc34)CC2)CC1. The van der Waals surface area contributed by atoms with Gasteiger partial charge in [-0.2, -0.15) is 0 Å². The Morgan fingerprint density at radius 2 is 1.42 bits per heavy atom. The molecule has 2 aromatic carbocycles. The van der Waals surface area contributed by atoms with Gasteiger partial charge in [0.05, 0.1) is 11.1 Å². The molecule has 0 unspecified atom stereocenters. The summed E-state index contributed by atoms with van der Waals surface area (Å²) in [7, 11) is 0. The van der Waals surface area contributed by atoms with Crippen LogP contribution in [0.1, 0.15) is 33.6 Å². The van der Waals surface area contributed by atoms with E-state index in [0.29, 0.717) is 29.8 Å². The summed E-state index contributed by atoms with van der Waals surface area (Å²) in [6.07, 6.45) is 1.94. The Balaban J connectivity index is 1.18. The molecule has 0 saturated carbocycles. The summed E-state index contributed by atoms with van der Waals surface area (Å²) in [4.78, 5) is 36.7. The molecule has 3 heterocycles. The number of hydrogen-bond acceptors (Lipinski definition) is 4. The minimum absolute atomic E-state index is 0.0124. The Hall–Kier alpha value is -2.96. The minimum Gasteiger partial charge on any atom is -0.339 e. The maximum Gasteiger partial charge on any atom is 0.254 e. The molecule has 0 aliphatic carbocycles. The van der Waals surface area contributed by atoms with Crippen LogP contribution in [-0.2, 0) is 0 Å². The summed E-state index contributed by atoms with van der Waals surface area (Å²) >= 11 is 6.19. The van der Waals surface area contributed by atoms with Gasteiger partial charge in [0.25, 0.3) is 11.8 Å². The Morgan fingerprint density at radius 3 is 2.15 bits per heavy atom. The fourth-order valence-corrected chi connectivity index (χ4v) is 5.18. The van der Waals surface area contributed by atoms with Crippen LogP contribution in [0.25, 0.3) is 10.9 Å². The van der Waals surface area contributed by atoms with Gasteiger partial charge in [-0.3, -0.25) is 14.5 Å². The molecule has 5 rings (SSSR count). The molecule has 6 nitrogen and oxygen atoms in total. The first kappa shape index (κ1) is 21.9. The number of aromatic nitrogens is 1. The third-order valence-corrected chi connectivity index (χ3v) is 7.00. The fourth-order valence-electron chi connectivity index (χ4n) is 4.98. The summed E-state index contributed by atoms with van der Waals surface area (Å²) in [5.74, 6) is 0.131. The van der Waals surface area contributed by atoms with E-state index in [-0.39, 0.29) is 11.8 Å². The van der Waals surface area contributed by atoms with E-state index < -0.39 is 0 Å². The number of hydrogen-bond donors (Lipinski definition) is 0. The molecule has 170 valence electrons. The first-order chi connectivity index (χ1) is 16.1. The summed E-state index contributed by atoms with van der Waals surface area (Å²) in [6.45, 7) is 4.63. The molecule has 2 saturated heterocycles. The number of para-hydroxylation sites is 1. The topological polar surface area (TPSA) is 56.8 Å². The van der Waals surface area contributed by atoms with Gasteiger partial charge in [0.2, 0.25) is 0 Å². The molecular formula is C26H27ClN4O2. The molecule has 33 heavy (non-hydrogen) atoms. The number of rotatable bonds is 3. The average molecular weight is 463 g/mol. The Morgan fingerprint density at radius 1 is 0.788 bits per heavy atom. The van der Waals surface area contributed by atoms with Crippen molar-refractivity contribution in [2.45, 2.75) is 18.9 Å². The van der Waals surface area contributed by atoms with Crippen molar-refractivity contribution in [3.8, 4) is 0 Å². The number of pyridine rings is 1. The molecule has 0 bridgehead atoms. The Bertz CT molecular complexity index is 1150. The van der Waals surface area contributed by atoms with E-state index in [1.165, 1.54) is 0 Å². The lowest BCUT2D eigenvalue weighted by Gasteiger charge is -2.42. The second-order valence-electron chi connectivity index (χ2n) is 8.73. The largest absolute Gasteiger partial charge is 0.339 e. The van der Waals surface area contributed by atoms with E-state index in [1.54, 1.807) is 6.07 Å². The van der Waals surface area contributed by atoms with Crippen LogP contribution in [0.4, 0.5) is 0 Å². The number of piperazine rings is 1.